The topological polar surface area (TPSA) is 42.4 Å². The van der Waals surface area contributed by atoms with E-state index in [0.29, 0.717) is 0 Å². The fraction of sp³-hybridized carbons (Fsp3) is 0.100. The summed E-state index contributed by atoms with van der Waals surface area (Å²) >= 11 is 0. The van der Waals surface area contributed by atoms with E-state index in [-0.39, 0.29) is 5.88 Å². The van der Waals surface area contributed by atoms with Gasteiger partial charge in [0, 0.05) is 11.6 Å². The third-order valence-corrected chi connectivity index (χ3v) is 2.07. The number of hydrogen-bond acceptors (Lipinski definition) is 3. The summed E-state index contributed by atoms with van der Waals surface area (Å²) in [6.07, 6.45) is 1.61. The SMILES string of the molecule is Cc1cccc2c(OO)nccc12. The molecule has 0 radical (unpaired) electrons. The van der Waals surface area contributed by atoms with E-state index >= 15 is 0 Å². The molecule has 0 saturated heterocycles. The van der Waals surface area contributed by atoms with Gasteiger partial charge in [0.1, 0.15) is 0 Å². The summed E-state index contributed by atoms with van der Waals surface area (Å²) in [5.41, 5.74) is 1.14. The lowest BCUT2D eigenvalue weighted by molar-refractivity contribution is -0.140. The number of aryl methyl sites for hydroxylation is 1. The van der Waals surface area contributed by atoms with Crippen LogP contribution in [0.2, 0.25) is 0 Å². The van der Waals surface area contributed by atoms with Crippen LogP contribution in [0.25, 0.3) is 10.8 Å². The minimum atomic E-state index is 0.251. The molecule has 0 bridgehead atoms. The lowest BCUT2D eigenvalue weighted by Gasteiger charge is -2.03. The normalized spacial score (nSPS) is 10.3. The highest BCUT2D eigenvalue weighted by molar-refractivity contribution is 5.89. The van der Waals surface area contributed by atoms with E-state index in [2.05, 4.69) is 9.87 Å². The van der Waals surface area contributed by atoms with Gasteiger partial charge in [0.2, 0.25) is 0 Å². The molecule has 1 aromatic heterocycles. The first kappa shape index (κ1) is 8.01. The average Bonchev–Trinajstić information content (AvgIpc) is 2.18. The second-order valence-electron chi connectivity index (χ2n) is 2.88. The van der Waals surface area contributed by atoms with Gasteiger partial charge in [-0.05, 0) is 30.0 Å². The summed E-state index contributed by atoms with van der Waals surface area (Å²) in [6, 6.07) is 7.67. The Hall–Kier alpha value is -1.61. The third kappa shape index (κ3) is 1.23. The molecule has 13 heavy (non-hydrogen) atoms. The Kier molecular flexibility index (Phi) is 1.87. The molecule has 0 aliphatic carbocycles. The Bertz CT molecular complexity index is 440. The van der Waals surface area contributed by atoms with Crippen LogP contribution in [0.3, 0.4) is 0 Å². The van der Waals surface area contributed by atoms with E-state index in [9.17, 15) is 0 Å². The zero-order valence-corrected chi connectivity index (χ0v) is 7.19. The zero-order valence-electron chi connectivity index (χ0n) is 7.19. The number of aromatic nitrogens is 1. The number of nitrogens with zero attached hydrogens (tertiary/aromatic N) is 1. The highest BCUT2D eigenvalue weighted by atomic mass is 17.1. The standard InChI is InChI=1S/C10H9NO2/c1-7-3-2-4-9-8(7)5-6-11-10(9)13-12/h2-6,12H,1H3. The molecule has 2 rings (SSSR count). The molecule has 0 atom stereocenters. The van der Waals surface area contributed by atoms with Crippen molar-refractivity contribution in [2.45, 2.75) is 6.92 Å². The molecular formula is C10H9NO2. The summed E-state index contributed by atoms with van der Waals surface area (Å²) < 4.78 is 0. The Balaban J connectivity index is 2.84. The maximum Gasteiger partial charge on any atom is 0.263 e. The van der Waals surface area contributed by atoms with Crippen molar-refractivity contribution in [1.82, 2.24) is 4.98 Å². The molecular weight excluding hydrogens is 166 g/mol. The van der Waals surface area contributed by atoms with Crippen molar-refractivity contribution in [2.24, 2.45) is 0 Å². The van der Waals surface area contributed by atoms with E-state index in [1.165, 1.54) is 0 Å². The molecule has 66 valence electrons. The molecule has 0 fully saturated rings. The molecule has 1 aromatic carbocycles. The molecule has 1 N–H and O–H groups in total. The van der Waals surface area contributed by atoms with Gasteiger partial charge in [-0.2, -0.15) is 0 Å². The molecule has 3 heteroatoms. The van der Waals surface area contributed by atoms with Crippen LogP contribution < -0.4 is 4.89 Å². The maximum atomic E-state index is 8.56. The lowest BCUT2D eigenvalue weighted by Crippen LogP contribution is -1.89. The molecule has 0 aliphatic heterocycles. The van der Waals surface area contributed by atoms with Gasteiger partial charge in [-0.25, -0.2) is 10.2 Å². The lowest BCUT2D eigenvalue weighted by atomic mass is 10.1. The Morgan fingerprint density at radius 1 is 1.23 bits per heavy atom. The van der Waals surface area contributed by atoms with Crippen molar-refractivity contribution in [2.75, 3.05) is 0 Å². The van der Waals surface area contributed by atoms with Crippen molar-refractivity contribution in [1.29, 1.82) is 0 Å². The minimum Gasteiger partial charge on any atom is -0.319 e. The van der Waals surface area contributed by atoms with Gasteiger partial charge in [-0.1, -0.05) is 12.1 Å². The highest BCUT2D eigenvalue weighted by Gasteiger charge is 2.03. The van der Waals surface area contributed by atoms with Gasteiger partial charge in [0.15, 0.2) is 0 Å². The van der Waals surface area contributed by atoms with Gasteiger partial charge >= 0.3 is 0 Å². The molecule has 3 nitrogen and oxygen atoms in total. The van der Waals surface area contributed by atoms with Crippen LogP contribution in [0.4, 0.5) is 0 Å². The fourth-order valence-electron chi connectivity index (χ4n) is 1.41. The third-order valence-electron chi connectivity index (χ3n) is 2.07. The van der Waals surface area contributed by atoms with E-state index in [4.69, 9.17) is 5.26 Å². The van der Waals surface area contributed by atoms with Crippen LogP contribution in [0.15, 0.2) is 30.5 Å². The maximum absolute atomic E-state index is 8.56. The van der Waals surface area contributed by atoms with Crippen LogP contribution in [-0.4, -0.2) is 10.2 Å². The van der Waals surface area contributed by atoms with E-state index < -0.39 is 0 Å². The minimum absolute atomic E-state index is 0.251. The van der Waals surface area contributed by atoms with E-state index in [1.807, 2.05) is 31.2 Å². The fourth-order valence-corrected chi connectivity index (χ4v) is 1.41. The molecule has 0 unspecified atom stereocenters. The predicted octanol–water partition coefficient (Wildman–Crippen LogP) is 2.40. The van der Waals surface area contributed by atoms with Gasteiger partial charge in [0.25, 0.3) is 5.88 Å². The highest BCUT2D eigenvalue weighted by Crippen LogP contribution is 2.24. The number of fused-ring (bicyclic) bond motifs is 1. The second kappa shape index (κ2) is 3.03. The largest absolute Gasteiger partial charge is 0.319 e. The number of pyridine rings is 1. The molecule has 0 amide bonds. The van der Waals surface area contributed by atoms with Crippen molar-refractivity contribution < 1.29 is 10.1 Å². The summed E-state index contributed by atoms with van der Waals surface area (Å²) in [5, 5.41) is 10.4. The Morgan fingerprint density at radius 2 is 2.08 bits per heavy atom. The number of benzene rings is 1. The average molecular weight is 175 g/mol. The van der Waals surface area contributed by atoms with Crippen molar-refractivity contribution in [3.63, 3.8) is 0 Å². The second-order valence-corrected chi connectivity index (χ2v) is 2.88. The Morgan fingerprint density at radius 3 is 2.85 bits per heavy atom. The van der Waals surface area contributed by atoms with Crippen LogP contribution in [0, 0.1) is 6.92 Å². The summed E-state index contributed by atoms with van der Waals surface area (Å²) in [5.74, 6) is 0.251. The molecule has 0 aliphatic rings. The van der Waals surface area contributed by atoms with Crippen LogP contribution in [0.5, 0.6) is 5.88 Å². The number of hydrogen-bond donors (Lipinski definition) is 1. The first-order valence-electron chi connectivity index (χ1n) is 3.98. The number of rotatable bonds is 1. The molecule has 0 spiro atoms. The summed E-state index contributed by atoms with van der Waals surface area (Å²) in [4.78, 5) is 8.07. The Labute approximate surface area is 75.5 Å². The van der Waals surface area contributed by atoms with E-state index in [1.54, 1.807) is 6.20 Å². The summed E-state index contributed by atoms with van der Waals surface area (Å²) in [7, 11) is 0. The first-order chi connectivity index (χ1) is 6.33. The van der Waals surface area contributed by atoms with Crippen molar-refractivity contribution in [3.8, 4) is 5.88 Å². The molecule has 1 heterocycles. The van der Waals surface area contributed by atoms with E-state index in [0.717, 1.165) is 16.3 Å². The zero-order chi connectivity index (χ0) is 9.26. The molecule has 2 aromatic rings. The van der Waals surface area contributed by atoms with Gasteiger partial charge < -0.3 is 4.89 Å². The first-order valence-corrected chi connectivity index (χ1v) is 3.98. The van der Waals surface area contributed by atoms with Gasteiger partial charge in [0.05, 0.1) is 0 Å². The smallest absolute Gasteiger partial charge is 0.263 e. The monoisotopic (exact) mass is 175 g/mol. The molecule has 0 saturated carbocycles. The van der Waals surface area contributed by atoms with Crippen LogP contribution >= 0.6 is 0 Å². The quantitative estimate of drug-likeness (QED) is 0.534. The van der Waals surface area contributed by atoms with Gasteiger partial charge in [-0.3, -0.25) is 0 Å². The van der Waals surface area contributed by atoms with Crippen LogP contribution in [-0.2, 0) is 0 Å². The van der Waals surface area contributed by atoms with Gasteiger partial charge in [-0.15, -0.1) is 0 Å². The van der Waals surface area contributed by atoms with Crippen molar-refractivity contribution >= 4 is 10.8 Å². The van der Waals surface area contributed by atoms with Crippen molar-refractivity contribution in [3.05, 3.63) is 36.0 Å². The summed E-state index contributed by atoms with van der Waals surface area (Å²) in [6.45, 7) is 2.00. The predicted molar refractivity (Wildman–Crippen MR) is 49.7 cm³/mol. The van der Waals surface area contributed by atoms with Crippen LogP contribution in [0.1, 0.15) is 5.56 Å².